The standard InChI is InChI=1S/C11H10O4/c1-13-9-5-3-4-7-8(11(12)14-2)6-15-10(7)9/h3-6H,1-2H3. The Hall–Kier alpha value is -1.97. The fourth-order valence-electron chi connectivity index (χ4n) is 1.46. The molecule has 0 spiro atoms. The molecule has 2 rings (SSSR count). The molecule has 4 nitrogen and oxygen atoms in total. The molecule has 15 heavy (non-hydrogen) atoms. The molecular formula is C11H10O4. The molecule has 78 valence electrons. The number of rotatable bonds is 2. The molecular weight excluding hydrogens is 196 g/mol. The fraction of sp³-hybridized carbons (Fsp3) is 0.182. The SMILES string of the molecule is COC(=O)c1coc2c(OC)cccc12. The molecule has 0 amide bonds. The molecule has 1 heterocycles. The molecule has 1 aromatic carbocycles. The lowest BCUT2D eigenvalue weighted by atomic mass is 10.2. The second-order valence-corrected chi connectivity index (χ2v) is 2.98. The molecule has 0 aliphatic heterocycles. The molecule has 0 fully saturated rings. The summed E-state index contributed by atoms with van der Waals surface area (Å²) in [5.41, 5.74) is 0.965. The highest BCUT2D eigenvalue weighted by molar-refractivity contribution is 6.04. The van der Waals surface area contributed by atoms with Gasteiger partial charge in [0.2, 0.25) is 0 Å². The van der Waals surface area contributed by atoms with Crippen LogP contribution in [0.15, 0.2) is 28.9 Å². The first-order chi connectivity index (χ1) is 7.27. The van der Waals surface area contributed by atoms with Gasteiger partial charge >= 0.3 is 5.97 Å². The van der Waals surface area contributed by atoms with E-state index in [4.69, 9.17) is 9.15 Å². The van der Waals surface area contributed by atoms with E-state index in [-0.39, 0.29) is 0 Å². The number of methoxy groups -OCH3 is 2. The lowest BCUT2D eigenvalue weighted by Gasteiger charge is -1.99. The predicted molar refractivity (Wildman–Crippen MR) is 54.1 cm³/mol. The lowest BCUT2D eigenvalue weighted by molar-refractivity contribution is 0.0602. The number of furan rings is 1. The number of esters is 1. The zero-order valence-electron chi connectivity index (χ0n) is 8.44. The molecule has 0 saturated carbocycles. The van der Waals surface area contributed by atoms with Crippen LogP contribution in [0.5, 0.6) is 5.75 Å². The van der Waals surface area contributed by atoms with Gasteiger partial charge in [0.25, 0.3) is 0 Å². The number of fused-ring (bicyclic) bond motifs is 1. The average Bonchev–Trinajstić information content (AvgIpc) is 2.71. The molecule has 0 aliphatic rings. The Morgan fingerprint density at radius 2 is 2.13 bits per heavy atom. The van der Waals surface area contributed by atoms with Crippen LogP contribution in [0.2, 0.25) is 0 Å². The van der Waals surface area contributed by atoms with Gasteiger partial charge in [0.1, 0.15) is 11.8 Å². The van der Waals surface area contributed by atoms with Gasteiger partial charge in [-0.05, 0) is 12.1 Å². The summed E-state index contributed by atoms with van der Waals surface area (Å²) in [5, 5.41) is 0.696. The van der Waals surface area contributed by atoms with Crippen molar-refractivity contribution in [2.75, 3.05) is 14.2 Å². The van der Waals surface area contributed by atoms with Crippen LogP contribution in [0.25, 0.3) is 11.0 Å². The van der Waals surface area contributed by atoms with Crippen molar-refractivity contribution in [1.82, 2.24) is 0 Å². The summed E-state index contributed by atoms with van der Waals surface area (Å²) >= 11 is 0. The van der Waals surface area contributed by atoms with Crippen molar-refractivity contribution >= 4 is 16.9 Å². The minimum atomic E-state index is -0.415. The zero-order chi connectivity index (χ0) is 10.8. The van der Waals surface area contributed by atoms with E-state index in [9.17, 15) is 4.79 Å². The Labute approximate surface area is 86.4 Å². The third-order valence-corrected chi connectivity index (χ3v) is 2.19. The number of hydrogen-bond acceptors (Lipinski definition) is 4. The third kappa shape index (κ3) is 1.44. The predicted octanol–water partition coefficient (Wildman–Crippen LogP) is 2.23. The molecule has 4 heteroatoms. The summed E-state index contributed by atoms with van der Waals surface area (Å²) in [4.78, 5) is 11.4. The normalized spacial score (nSPS) is 10.3. The minimum Gasteiger partial charge on any atom is -0.493 e. The first-order valence-corrected chi connectivity index (χ1v) is 4.40. The highest BCUT2D eigenvalue weighted by Crippen LogP contribution is 2.29. The first kappa shape index (κ1) is 9.58. The molecule has 0 atom stereocenters. The van der Waals surface area contributed by atoms with E-state index < -0.39 is 5.97 Å². The second kappa shape index (κ2) is 3.65. The second-order valence-electron chi connectivity index (χ2n) is 2.98. The molecule has 0 unspecified atom stereocenters. The van der Waals surface area contributed by atoms with Crippen molar-refractivity contribution in [3.8, 4) is 5.75 Å². The van der Waals surface area contributed by atoms with Crippen molar-refractivity contribution in [3.63, 3.8) is 0 Å². The summed E-state index contributed by atoms with van der Waals surface area (Å²) in [6, 6.07) is 5.35. The van der Waals surface area contributed by atoms with Crippen molar-refractivity contribution in [2.24, 2.45) is 0 Å². The summed E-state index contributed by atoms with van der Waals surface area (Å²) < 4.78 is 15.0. The van der Waals surface area contributed by atoms with Crippen LogP contribution in [0.3, 0.4) is 0 Å². The van der Waals surface area contributed by atoms with Crippen LogP contribution in [-0.2, 0) is 4.74 Å². The van der Waals surface area contributed by atoms with Gasteiger partial charge in [0.05, 0.1) is 14.2 Å². The van der Waals surface area contributed by atoms with Gasteiger partial charge in [-0.15, -0.1) is 0 Å². The smallest absolute Gasteiger partial charge is 0.341 e. The molecule has 0 aliphatic carbocycles. The summed E-state index contributed by atoms with van der Waals surface area (Å²) in [6.07, 6.45) is 1.37. The van der Waals surface area contributed by atoms with Gasteiger partial charge in [-0.2, -0.15) is 0 Å². The summed E-state index contributed by atoms with van der Waals surface area (Å²) in [7, 11) is 2.89. The maximum absolute atomic E-state index is 11.4. The molecule has 0 N–H and O–H groups in total. The Balaban J connectivity index is 2.66. The van der Waals surface area contributed by atoms with Crippen LogP contribution >= 0.6 is 0 Å². The van der Waals surface area contributed by atoms with Gasteiger partial charge in [0.15, 0.2) is 11.3 Å². The monoisotopic (exact) mass is 206 g/mol. The van der Waals surface area contributed by atoms with Crippen molar-refractivity contribution in [1.29, 1.82) is 0 Å². The number of ether oxygens (including phenoxy) is 2. The first-order valence-electron chi connectivity index (χ1n) is 4.40. The van der Waals surface area contributed by atoms with Crippen molar-refractivity contribution in [3.05, 3.63) is 30.0 Å². The molecule has 0 saturated heterocycles. The molecule has 0 bridgehead atoms. The zero-order valence-corrected chi connectivity index (χ0v) is 8.44. The van der Waals surface area contributed by atoms with Crippen LogP contribution in [-0.4, -0.2) is 20.2 Å². The van der Waals surface area contributed by atoms with Gasteiger partial charge < -0.3 is 13.9 Å². The van der Waals surface area contributed by atoms with Crippen molar-refractivity contribution < 1.29 is 18.7 Å². The van der Waals surface area contributed by atoms with E-state index in [1.165, 1.54) is 13.4 Å². The van der Waals surface area contributed by atoms with Gasteiger partial charge in [-0.3, -0.25) is 0 Å². The van der Waals surface area contributed by atoms with Gasteiger partial charge in [-0.25, -0.2) is 4.79 Å². The van der Waals surface area contributed by atoms with Crippen LogP contribution in [0, 0.1) is 0 Å². The maximum atomic E-state index is 11.4. The van der Waals surface area contributed by atoms with E-state index in [0.717, 1.165) is 0 Å². The topological polar surface area (TPSA) is 48.7 Å². The quantitative estimate of drug-likeness (QED) is 0.707. The summed E-state index contributed by atoms with van der Waals surface area (Å²) in [6.45, 7) is 0. The van der Waals surface area contributed by atoms with E-state index in [1.807, 2.05) is 0 Å². The van der Waals surface area contributed by atoms with Gasteiger partial charge in [0, 0.05) is 5.39 Å². The van der Waals surface area contributed by atoms with Gasteiger partial charge in [-0.1, -0.05) is 6.07 Å². The Morgan fingerprint density at radius 1 is 1.33 bits per heavy atom. The number of hydrogen-bond donors (Lipinski definition) is 0. The average molecular weight is 206 g/mol. The Morgan fingerprint density at radius 3 is 2.80 bits per heavy atom. The lowest BCUT2D eigenvalue weighted by Crippen LogP contribution is -1.99. The molecule has 1 aromatic heterocycles. The maximum Gasteiger partial charge on any atom is 0.341 e. The Kier molecular flexibility index (Phi) is 2.33. The highest BCUT2D eigenvalue weighted by atomic mass is 16.5. The van der Waals surface area contributed by atoms with Crippen LogP contribution in [0.1, 0.15) is 10.4 Å². The van der Waals surface area contributed by atoms with Crippen molar-refractivity contribution in [2.45, 2.75) is 0 Å². The number of para-hydroxylation sites is 1. The number of benzene rings is 1. The van der Waals surface area contributed by atoms with Crippen LogP contribution in [0.4, 0.5) is 0 Å². The van der Waals surface area contributed by atoms with E-state index in [2.05, 4.69) is 4.74 Å². The summed E-state index contributed by atoms with van der Waals surface area (Å²) in [5.74, 6) is 0.185. The minimum absolute atomic E-state index is 0.409. The number of carbonyl (C=O) groups is 1. The molecule has 0 radical (unpaired) electrons. The number of carbonyl (C=O) groups excluding carboxylic acids is 1. The van der Waals surface area contributed by atoms with E-state index in [1.54, 1.807) is 25.3 Å². The Bertz CT molecular complexity index is 498. The van der Waals surface area contributed by atoms with Crippen LogP contribution < -0.4 is 4.74 Å². The van der Waals surface area contributed by atoms with E-state index >= 15 is 0 Å². The largest absolute Gasteiger partial charge is 0.493 e. The highest BCUT2D eigenvalue weighted by Gasteiger charge is 2.15. The van der Waals surface area contributed by atoms with E-state index in [0.29, 0.717) is 22.3 Å². The fourth-order valence-corrected chi connectivity index (χ4v) is 1.46. The molecule has 2 aromatic rings. The third-order valence-electron chi connectivity index (χ3n) is 2.19.